The Balaban J connectivity index is 1.94. The molecule has 0 bridgehead atoms. The van der Waals surface area contributed by atoms with Crippen molar-refractivity contribution in [2.75, 3.05) is 32.7 Å². The quantitative estimate of drug-likeness (QED) is 0.827. The Morgan fingerprint density at radius 3 is 2.12 bits per heavy atom. The Hall–Kier alpha value is -0.810. The zero-order valence-corrected chi connectivity index (χ0v) is 17.2. The molecular weight excluding hydrogens is 314 g/mol. The van der Waals surface area contributed by atoms with E-state index >= 15 is 0 Å². The average Bonchev–Trinajstić information content (AvgIpc) is 2.52. The minimum Gasteiger partial charge on any atom is -0.444 e. The first kappa shape index (κ1) is 20.5. The highest BCUT2D eigenvalue weighted by Gasteiger charge is 2.39. The van der Waals surface area contributed by atoms with E-state index in [9.17, 15) is 4.79 Å². The van der Waals surface area contributed by atoms with Crippen LogP contribution in [0.2, 0.25) is 0 Å². The van der Waals surface area contributed by atoms with Gasteiger partial charge in [0, 0.05) is 32.2 Å². The summed E-state index contributed by atoms with van der Waals surface area (Å²) in [5.41, 5.74) is 6.02. The van der Waals surface area contributed by atoms with Crippen LogP contribution in [0.4, 0.5) is 4.79 Å². The van der Waals surface area contributed by atoms with Gasteiger partial charge < -0.3 is 15.4 Å². The average molecular weight is 354 g/mol. The SMILES string of the molecule is CC(C)(C)OC(=O)N1CCN(C2CC(C(C)(C)C)CCC2CN)CC1. The van der Waals surface area contributed by atoms with Crippen LogP contribution in [0, 0.1) is 17.3 Å². The van der Waals surface area contributed by atoms with Crippen molar-refractivity contribution in [2.45, 2.75) is 72.4 Å². The third kappa shape index (κ3) is 5.58. The third-order valence-corrected chi connectivity index (χ3v) is 5.92. The minimum atomic E-state index is -0.428. The molecule has 3 atom stereocenters. The maximum Gasteiger partial charge on any atom is 0.410 e. The molecule has 1 aliphatic carbocycles. The van der Waals surface area contributed by atoms with Crippen molar-refractivity contribution in [3.63, 3.8) is 0 Å². The number of nitrogens with two attached hydrogens (primary N) is 1. The number of carbonyl (C=O) groups is 1. The van der Waals surface area contributed by atoms with Crippen LogP contribution in [0.25, 0.3) is 0 Å². The lowest BCUT2D eigenvalue weighted by Gasteiger charge is -2.48. The van der Waals surface area contributed by atoms with Crippen LogP contribution in [0.1, 0.15) is 60.8 Å². The zero-order valence-electron chi connectivity index (χ0n) is 17.2. The van der Waals surface area contributed by atoms with Gasteiger partial charge in [0.25, 0.3) is 0 Å². The molecular formula is C20H39N3O2. The number of hydrogen-bond acceptors (Lipinski definition) is 4. The molecule has 25 heavy (non-hydrogen) atoms. The highest BCUT2D eigenvalue weighted by atomic mass is 16.6. The van der Waals surface area contributed by atoms with Crippen molar-refractivity contribution in [1.29, 1.82) is 0 Å². The van der Waals surface area contributed by atoms with Crippen molar-refractivity contribution in [3.8, 4) is 0 Å². The summed E-state index contributed by atoms with van der Waals surface area (Å²) in [5, 5.41) is 0. The summed E-state index contributed by atoms with van der Waals surface area (Å²) in [6, 6.07) is 0.559. The number of amides is 1. The van der Waals surface area contributed by atoms with E-state index in [1.807, 2.05) is 25.7 Å². The molecule has 2 fully saturated rings. The van der Waals surface area contributed by atoms with Gasteiger partial charge in [0.1, 0.15) is 5.60 Å². The first-order chi connectivity index (χ1) is 11.5. The van der Waals surface area contributed by atoms with Gasteiger partial charge in [-0.3, -0.25) is 4.90 Å². The molecule has 1 saturated carbocycles. The lowest BCUT2D eigenvalue weighted by Crippen LogP contribution is -2.56. The zero-order chi connectivity index (χ0) is 18.8. The molecule has 1 aliphatic heterocycles. The van der Waals surface area contributed by atoms with E-state index in [0.717, 1.165) is 38.6 Å². The second-order valence-electron chi connectivity index (χ2n) is 9.94. The van der Waals surface area contributed by atoms with E-state index in [1.54, 1.807) is 0 Å². The first-order valence-electron chi connectivity index (χ1n) is 9.93. The second-order valence-corrected chi connectivity index (χ2v) is 9.94. The van der Waals surface area contributed by atoms with E-state index in [4.69, 9.17) is 10.5 Å². The smallest absolute Gasteiger partial charge is 0.410 e. The van der Waals surface area contributed by atoms with Gasteiger partial charge in [0.15, 0.2) is 0 Å². The van der Waals surface area contributed by atoms with Crippen LogP contribution in [0.5, 0.6) is 0 Å². The fourth-order valence-corrected chi connectivity index (χ4v) is 4.28. The van der Waals surface area contributed by atoms with Gasteiger partial charge >= 0.3 is 6.09 Å². The van der Waals surface area contributed by atoms with E-state index in [0.29, 0.717) is 17.4 Å². The summed E-state index contributed by atoms with van der Waals surface area (Å²) in [6.45, 7) is 17.0. The summed E-state index contributed by atoms with van der Waals surface area (Å²) >= 11 is 0. The number of rotatable bonds is 2. The van der Waals surface area contributed by atoms with Crippen LogP contribution in [-0.4, -0.2) is 60.3 Å². The molecule has 1 heterocycles. The van der Waals surface area contributed by atoms with Gasteiger partial charge in [-0.15, -0.1) is 0 Å². The molecule has 2 aliphatic rings. The van der Waals surface area contributed by atoms with Gasteiger partial charge in [-0.2, -0.15) is 0 Å². The van der Waals surface area contributed by atoms with Crippen LogP contribution in [-0.2, 0) is 4.74 Å². The number of hydrogen-bond donors (Lipinski definition) is 1. The molecule has 2 rings (SSSR count). The minimum absolute atomic E-state index is 0.182. The molecule has 0 spiro atoms. The predicted molar refractivity (Wildman–Crippen MR) is 103 cm³/mol. The molecule has 1 saturated heterocycles. The molecule has 0 radical (unpaired) electrons. The summed E-state index contributed by atoms with van der Waals surface area (Å²) in [7, 11) is 0. The van der Waals surface area contributed by atoms with E-state index in [2.05, 4.69) is 25.7 Å². The Labute approximate surface area is 154 Å². The summed E-state index contributed by atoms with van der Waals surface area (Å²) in [4.78, 5) is 16.7. The number of ether oxygens (including phenoxy) is 1. The van der Waals surface area contributed by atoms with Gasteiger partial charge in [-0.25, -0.2) is 4.79 Å². The van der Waals surface area contributed by atoms with E-state index < -0.39 is 5.60 Å². The topological polar surface area (TPSA) is 58.8 Å². The lowest BCUT2D eigenvalue weighted by molar-refractivity contribution is -0.00647. The number of piperazine rings is 1. The first-order valence-corrected chi connectivity index (χ1v) is 9.93. The summed E-state index contributed by atoms with van der Waals surface area (Å²) in [6.07, 6.45) is 3.58. The standard InChI is InChI=1S/C20H39N3O2/c1-19(2,3)16-8-7-15(14-21)17(13-16)22-9-11-23(12-10-22)18(24)25-20(4,5)6/h15-17H,7-14,21H2,1-6H3. The van der Waals surface area contributed by atoms with Crippen molar-refractivity contribution < 1.29 is 9.53 Å². The molecule has 5 heteroatoms. The molecule has 2 N–H and O–H groups in total. The van der Waals surface area contributed by atoms with Crippen molar-refractivity contribution in [1.82, 2.24) is 9.80 Å². The highest BCUT2D eigenvalue weighted by Crippen LogP contribution is 2.41. The fourth-order valence-electron chi connectivity index (χ4n) is 4.28. The summed E-state index contributed by atoms with van der Waals surface area (Å²) < 4.78 is 5.51. The Morgan fingerprint density at radius 2 is 1.64 bits per heavy atom. The second kappa shape index (κ2) is 7.83. The van der Waals surface area contributed by atoms with Crippen LogP contribution < -0.4 is 5.73 Å². The van der Waals surface area contributed by atoms with Gasteiger partial charge in [-0.05, 0) is 63.8 Å². The highest BCUT2D eigenvalue weighted by molar-refractivity contribution is 5.68. The van der Waals surface area contributed by atoms with Gasteiger partial charge in [0.2, 0.25) is 0 Å². The third-order valence-electron chi connectivity index (χ3n) is 5.92. The maximum absolute atomic E-state index is 12.3. The Bertz CT molecular complexity index is 445. The number of carbonyl (C=O) groups excluding carboxylic acids is 1. The van der Waals surface area contributed by atoms with Crippen LogP contribution in [0.15, 0.2) is 0 Å². The molecule has 146 valence electrons. The normalized spacial score (nSPS) is 29.6. The predicted octanol–water partition coefficient (Wildman–Crippen LogP) is 3.33. The van der Waals surface area contributed by atoms with E-state index in [1.165, 1.54) is 19.3 Å². The molecule has 0 aromatic heterocycles. The molecule has 1 amide bonds. The Kier molecular flexibility index (Phi) is 6.42. The lowest BCUT2D eigenvalue weighted by atomic mass is 9.67. The fraction of sp³-hybridized carbons (Fsp3) is 0.950. The molecule has 0 aromatic rings. The number of nitrogens with zero attached hydrogens (tertiary/aromatic N) is 2. The van der Waals surface area contributed by atoms with Gasteiger partial charge in [0.05, 0.1) is 0 Å². The monoisotopic (exact) mass is 353 g/mol. The van der Waals surface area contributed by atoms with Crippen molar-refractivity contribution in [2.24, 2.45) is 23.0 Å². The van der Waals surface area contributed by atoms with Gasteiger partial charge in [-0.1, -0.05) is 20.8 Å². The molecule has 3 unspecified atom stereocenters. The largest absolute Gasteiger partial charge is 0.444 e. The van der Waals surface area contributed by atoms with Crippen molar-refractivity contribution >= 4 is 6.09 Å². The van der Waals surface area contributed by atoms with Crippen LogP contribution >= 0.6 is 0 Å². The Morgan fingerprint density at radius 1 is 1.04 bits per heavy atom. The van der Waals surface area contributed by atoms with E-state index in [-0.39, 0.29) is 6.09 Å². The van der Waals surface area contributed by atoms with Crippen LogP contribution in [0.3, 0.4) is 0 Å². The molecule has 0 aromatic carbocycles. The van der Waals surface area contributed by atoms with Crippen molar-refractivity contribution in [3.05, 3.63) is 0 Å². The maximum atomic E-state index is 12.3. The summed E-state index contributed by atoms with van der Waals surface area (Å²) in [5.74, 6) is 1.34. The molecule has 5 nitrogen and oxygen atoms in total.